The Hall–Kier alpha value is -1.55. The molecule has 0 radical (unpaired) electrons. The summed E-state index contributed by atoms with van der Waals surface area (Å²) in [7, 11) is 0. The second kappa shape index (κ2) is 5.61. The van der Waals surface area contributed by atoms with Crippen LogP contribution in [-0.2, 0) is 10.3 Å². The fourth-order valence-corrected chi connectivity index (χ4v) is 2.75. The van der Waals surface area contributed by atoms with Gasteiger partial charge in [-0.25, -0.2) is 0 Å². The third kappa shape index (κ3) is 3.07. The van der Waals surface area contributed by atoms with Gasteiger partial charge in [-0.2, -0.15) is 0 Å². The SMILES string of the molecule is CC(NC1CCCCC1)(C(N)=O)c1ccc(O)cc1. The molecule has 1 aliphatic carbocycles. The van der Waals surface area contributed by atoms with Crippen molar-refractivity contribution in [2.75, 3.05) is 0 Å². The Bertz CT molecular complexity index is 438. The normalized spacial score (nSPS) is 19.8. The molecule has 0 heterocycles. The summed E-state index contributed by atoms with van der Waals surface area (Å²) in [6, 6.07) is 6.99. The predicted octanol–water partition coefficient (Wildman–Crippen LogP) is 2.01. The molecule has 0 bridgehead atoms. The standard InChI is InChI=1S/C15H22N2O2/c1-15(14(16)19,11-7-9-13(18)10-8-11)17-12-5-3-2-4-6-12/h7-10,12,17-18H,2-6H2,1H3,(H2,16,19). The molecule has 19 heavy (non-hydrogen) atoms. The van der Waals surface area contributed by atoms with Gasteiger partial charge in [0.1, 0.15) is 11.3 Å². The van der Waals surface area contributed by atoms with E-state index >= 15 is 0 Å². The molecule has 1 fully saturated rings. The minimum absolute atomic E-state index is 0.188. The molecule has 2 rings (SSSR count). The van der Waals surface area contributed by atoms with Crippen molar-refractivity contribution in [3.8, 4) is 5.75 Å². The van der Waals surface area contributed by atoms with Gasteiger partial charge in [0.25, 0.3) is 0 Å². The number of carbonyl (C=O) groups excluding carboxylic acids is 1. The number of benzene rings is 1. The zero-order valence-electron chi connectivity index (χ0n) is 11.4. The molecule has 1 aliphatic rings. The van der Waals surface area contributed by atoms with Crippen molar-refractivity contribution in [2.24, 2.45) is 5.73 Å². The minimum Gasteiger partial charge on any atom is -0.508 e. The molecule has 1 saturated carbocycles. The summed E-state index contributed by atoms with van der Waals surface area (Å²) in [5.74, 6) is -0.197. The topological polar surface area (TPSA) is 75.3 Å². The minimum atomic E-state index is -0.879. The van der Waals surface area contributed by atoms with Crippen LogP contribution < -0.4 is 11.1 Å². The van der Waals surface area contributed by atoms with Gasteiger partial charge in [0.15, 0.2) is 0 Å². The molecule has 0 saturated heterocycles. The molecule has 0 aliphatic heterocycles. The Morgan fingerprint density at radius 2 is 1.84 bits per heavy atom. The lowest BCUT2D eigenvalue weighted by atomic mass is 9.87. The van der Waals surface area contributed by atoms with Crippen molar-refractivity contribution < 1.29 is 9.90 Å². The molecule has 4 N–H and O–H groups in total. The van der Waals surface area contributed by atoms with Gasteiger partial charge in [-0.05, 0) is 37.5 Å². The maximum atomic E-state index is 11.9. The molecule has 1 amide bonds. The fraction of sp³-hybridized carbons (Fsp3) is 0.533. The molecule has 1 aromatic rings. The number of phenolic OH excluding ortho intramolecular Hbond substituents is 1. The highest BCUT2D eigenvalue weighted by molar-refractivity contribution is 5.85. The third-order valence-electron chi connectivity index (χ3n) is 4.04. The molecule has 4 nitrogen and oxygen atoms in total. The van der Waals surface area contributed by atoms with Crippen LogP contribution in [-0.4, -0.2) is 17.1 Å². The molecule has 1 atom stereocenters. The van der Waals surface area contributed by atoms with Crippen molar-refractivity contribution in [3.63, 3.8) is 0 Å². The number of amides is 1. The van der Waals surface area contributed by atoms with E-state index in [9.17, 15) is 9.90 Å². The molecule has 104 valence electrons. The van der Waals surface area contributed by atoms with Crippen molar-refractivity contribution in [2.45, 2.75) is 50.6 Å². The molecular weight excluding hydrogens is 240 g/mol. The number of hydrogen-bond acceptors (Lipinski definition) is 3. The van der Waals surface area contributed by atoms with Gasteiger partial charge < -0.3 is 10.8 Å². The lowest BCUT2D eigenvalue weighted by Gasteiger charge is -2.34. The van der Waals surface area contributed by atoms with Crippen LogP contribution >= 0.6 is 0 Å². The summed E-state index contributed by atoms with van der Waals surface area (Å²) in [6.45, 7) is 1.82. The van der Waals surface area contributed by atoms with Crippen LogP contribution in [0.25, 0.3) is 0 Å². The lowest BCUT2D eigenvalue weighted by Crippen LogP contribution is -2.54. The van der Waals surface area contributed by atoms with E-state index in [1.54, 1.807) is 24.3 Å². The molecular formula is C15H22N2O2. The number of nitrogens with two attached hydrogens (primary N) is 1. The maximum absolute atomic E-state index is 11.9. The quantitative estimate of drug-likeness (QED) is 0.777. The summed E-state index contributed by atoms with van der Waals surface area (Å²) < 4.78 is 0. The number of rotatable bonds is 4. The number of primary amides is 1. The Balaban J connectivity index is 2.21. The Morgan fingerprint density at radius 1 is 1.26 bits per heavy atom. The van der Waals surface area contributed by atoms with Gasteiger partial charge in [-0.15, -0.1) is 0 Å². The van der Waals surface area contributed by atoms with Gasteiger partial charge in [-0.1, -0.05) is 31.4 Å². The van der Waals surface area contributed by atoms with Crippen LogP contribution in [0.2, 0.25) is 0 Å². The van der Waals surface area contributed by atoms with E-state index < -0.39 is 5.54 Å². The van der Waals surface area contributed by atoms with Crippen LogP contribution in [0.4, 0.5) is 0 Å². The van der Waals surface area contributed by atoms with Crippen LogP contribution in [0.1, 0.15) is 44.6 Å². The van der Waals surface area contributed by atoms with Crippen molar-refractivity contribution >= 4 is 5.91 Å². The van der Waals surface area contributed by atoms with E-state index in [1.807, 2.05) is 6.92 Å². The Morgan fingerprint density at radius 3 is 2.37 bits per heavy atom. The third-order valence-corrected chi connectivity index (χ3v) is 4.04. The zero-order valence-corrected chi connectivity index (χ0v) is 11.4. The lowest BCUT2D eigenvalue weighted by molar-refractivity contribution is -0.124. The monoisotopic (exact) mass is 262 g/mol. The molecule has 1 unspecified atom stereocenters. The highest BCUT2D eigenvalue weighted by Gasteiger charge is 2.35. The Labute approximate surface area is 114 Å². The predicted molar refractivity (Wildman–Crippen MR) is 74.7 cm³/mol. The van der Waals surface area contributed by atoms with Gasteiger partial charge in [-0.3, -0.25) is 10.1 Å². The largest absolute Gasteiger partial charge is 0.508 e. The van der Waals surface area contributed by atoms with Crippen molar-refractivity contribution in [1.82, 2.24) is 5.32 Å². The van der Waals surface area contributed by atoms with Gasteiger partial charge >= 0.3 is 0 Å². The maximum Gasteiger partial charge on any atom is 0.242 e. The summed E-state index contributed by atoms with van der Waals surface area (Å²) in [6.07, 6.45) is 5.83. The molecule has 4 heteroatoms. The molecule has 0 aromatic heterocycles. The summed E-state index contributed by atoms with van der Waals surface area (Å²) in [4.78, 5) is 11.9. The van der Waals surface area contributed by atoms with Crippen LogP contribution in [0, 0.1) is 0 Å². The zero-order chi connectivity index (χ0) is 13.9. The fourth-order valence-electron chi connectivity index (χ4n) is 2.75. The smallest absolute Gasteiger partial charge is 0.242 e. The molecule has 0 spiro atoms. The van der Waals surface area contributed by atoms with Crippen LogP contribution in [0.15, 0.2) is 24.3 Å². The van der Waals surface area contributed by atoms with Crippen molar-refractivity contribution in [3.05, 3.63) is 29.8 Å². The number of aromatic hydroxyl groups is 1. The Kier molecular flexibility index (Phi) is 4.10. The number of nitrogens with one attached hydrogen (secondary N) is 1. The second-order valence-corrected chi connectivity index (χ2v) is 5.52. The van der Waals surface area contributed by atoms with Crippen LogP contribution in [0.3, 0.4) is 0 Å². The first-order valence-electron chi connectivity index (χ1n) is 6.89. The average molecular weight is 262 g/mol. The van der Waals surface area contributed by atoms with Crippen LogP contribution in [0.5, 0.6) is 5.75 Å². The first kappa shape index (κ1) is 13.9. The molecule has 1 aromatic carbocycles. The first-order chi connectivity index (χ1) is 9.02. The highest BCUT2D eigenvalue weighted by atomic mass is 16.3. The van der Waals surface area contributed by atoms with E-state index in [-0.39, 0.29) is 11.7 Å². The first-order valence-corrected chi connectivity index (χ1v) is 6.89. The van der Waals surface area contributed by atoms with E-state index in [2.05, 4.69) is 5.32 Å². The summed E-state index contributed by atoms with van der Waals surface area (Å²) in [5, 5.41) is 12.8. The average Bonchev–Trinajstić information content (AvgIpc) is 2.40. The van der Waals surface area contributed by atoms with E-state index in [0.717, 1.165) is 18.4 Å². The van der Waals surface area contributed by atoms with Gasteiger partial charge in [0.05, 0.1) is 0 Å². The van der Waals surface area contributed by atoms with Crippen molar-refractivity contribution in [1.29, 1.82) is 0 Å². The summed E-state index contributed by atoms with van der Waals surface area (Å²) in [5.41, 5.74) is 5.51. The highest BCUT2D eigenvalue weighted by Crippen LogP contribution is 2.27. The van der Waals surface area contributed by atoms with E-state index in [0.29, 0.717) is 6.04 Å². The second-order valence-electron chi connectivity index (χ2n) is 5.52. The number of carbonyl (C=O) groups is 1. The van der Waals surface area contributed by atoms with E-state index in [4.69, 9.17) is 5.73 Å². The van der Waals surface area contributed by atoms with Gasteiger partial charge in [0, 0.05) is 6.04 Å². The summed E-state index contributed by atoms with van der Waals surface area (Å²) >= 11 is 0. The van der Waals surface area contributed by atoms with E-state index in [1.165, 1.54) is 19.3 Å². The number of phenols is 1. The van der Waals surface area contributed by atoms with Gasteiger partial charge in [0.2, 0.25) is 5.91 Å². The number of hydrogen-bond donors (Lipinski definition) is 3.